The standard InChI is InChI=1S/C19H22O5/c1-12-5-7-13(8-6-12)15(20)11-16(21)14-9-10-17(22-2)19(24-4)18(14)23-3/h5-10,15,20H,11H2,1-4H3. The van der Waals surface area contributed by atoms with Crippen LogP contribution in [0.4, 0.5) is 0 Å². The average Bonchev–Trinajstić information content (AvgIpc) is 2.60. The van der Waals surface area contributed by atoms with Gasteiger partial charge in [-0.25, -0.2) is 0 Å². The third-order valence-electron chi connectivity index (χ3n) is 3.85. The van der Waals surface area contributed by atoms with E-state index in [1.807, 2.05) is 31.2 Å². The maximum absolute atomic E-state index is 12.6. The third kappa shape index (κ3) is 3.68. The molecule has 0 aliphatic carbocycles. The number of aliphatic hydroxyl groups is 1. The van der Waals surface area contributed by atoms with Crippen molar-refractivity contribution in [1.82, 2.24) is 0 Å². The van der Waals surface area contributed by atoms with Gasteiger partial charge in [-0.15, -0.1) is 0 Å². The van der Waals surface area contributed by atoms with E-state index in [4.69, 9.17) is 14.2 Å². The average molecular weight is 330 g/mol. The molecule has 1 N–H and O–H groups in total. The van der Waals surface area contributed by atoms with Gasteiger partial charge < -0.3 is 19.3 Å². The van der Waals surface area contributed by atoms with Crippen LogP contribution in [0.2, 0.25) is 0 Å². The summed E-state index contributed by atoms with van der Waals surface area (Å²) < 4.78 is 15.8. The van der Waals surface area contributed by atoms with Crippen LogP contribution in [0.25, 0.3) is 0 Å². The van der Waals surface area contributed by atoms with Crippen LogP contribution in [-0.4, -0.2) is 32.2 Å². The molecule has 1 atom stereocenters. The minimum Gasteiger partial charge on any atom is -0.493 e. The number of rotatable bonds is 7. The van der Waals surface area contributed by atoms with Crippen molar-refractivity contribution in [3.05, 3.63) is 53.1 Å². The zero-order valence-electron chi connectivity index (χ0n) is 14.3. The fourth-order valence-corrected chi connectivity index (χ4v) is 2.51. The van der Waals surface area contributed by atoms with Crippen LogP contribution in [0, 0.1) is 6.92 Å². The van der Waals surface area contributed by atoms with Crippen molar-refractivity contribution in [2.45, 2.75) is 19.4 Å². The van der Waals surface area contributed by atoms with Crippen LogP contribution in [0.5, 0.6) is 17.2 Å². The van der Waals surface area contributed by atoms with Gasteiger partial charge in [0, 0.05) is 6.42 Å². The number of Topliss-reactive ketones (excluding diaryl/α,β-unsaturated/α-hetero) is 1. The lowest BCUT2D eigenvalue weighted by atomic mass is 9.98. The molecular weight excluding hydrogens is 308 g/mol. The van der Waals surface area contributed by atoms with Crippen molar-refractivity contribution in [2.75, 3.05) is 21.3 Å². The highest BCUT2D eigenvalue weighted by Gasteiger charge is 2.22. The summed E-state index contributed by atoms with van der Waals surface area (Å²) in [6, 6.07) is 10.7. The van der Waals surface area contributed by atoms with Crippen LogP contribution in [0.1, 0.15) is 34.0 Å². The second-order valence-electron chi connectivity index (χ2n) is 5.44. The number of carbonyl (C=O) groups excluding carboxylic acids is 1. The largest absolute Gasteiger partial charge is 0.493 e. The molecule has 5 nitrogen and oxygen atoms in total. The van der Waals surface area contributed by atoms with Crippen LogP contribution >= 0.6 is 0 Å². The molecule has 0 spiro atoms. The number of hydrogen-bond donors (Lipinski definition) is 1. The van der Waals surface area contributed by atoms with Crippen LogP contribution in [0.15, 0.2) is 36.4 Å². The number of aliphatic hydroxyl groups excluding tert-OH is 1. The Balaban J connectivity index is 2.27. The number of methoxy groups -OCH3 is 3. The SMILES string of the molecule is COc1ccc(C(=O)CC(O)c2ccc(C)cc2)c(OC)c1OC. The van der Waals surface area contributed by atoms with Crippen LogP contribution in [0.3, 0.4) is 0 Å². The van der Waals surface area contributed by atoms with Gasteiger partial charge in [-0.05, 0) is 24.6 Å². The predicted molar refractivity (Wildman–Crippen MR) is 91.2 cm³/mol. The molecule has 0 amide bonds. The van der Waals surface area contributed by atoms with E-state index in [9.17, 15) is 9.90 Å². The molecule has 0 aromatic heterocycles. The molecule has 0 saturated carbocycles. The number of ether oxygens (including phenoxy) is 3. The van der Waals surface area contributed by atoms with E-state index < -0.39 is 6.10 Å². The lowest BCUT2D eigenvalue weighted by Crippen LogP contribution is -2.09. The second-order valence-corrected chi connectivity index (χ2v) is 5.44. The Bertz CT molecular complexity index is 706. The van der Waals surface area contributed by atoms with Crippen molar-refractivity contribution >= 4 is 5.78 Å². The quantitative estimate of drug-likeness (QED) is 0.789. The highest BCUT2D eigenvalue weighted by atomic mass is 16.5. The van der Waals surface area contributed by atoms with E-state index in [2.05, 4.69) is 0 Å². The molecule has 128 valence electrons. The molecule has 2 aromatic rings. The van der Waals surface area contributed by atoms with Gasteiger partial charge in [0.2, 0.25) is 5.75 Å². The van der Waals surface area contributed by atoms with Gasteiger partial charge in [0.1, 0.15) is 0 Å². The summed E-state index contributed by atoms with van der Waals surface area (Å²) in [6.07, 6.45) is -0.926. The van der Waals surface area contributed by atoms with Crippen molar-refractivity contribution < 1.29 is 24.1 Å². The Kier molecular flexibility index (Phi) is 5.82. The Morgan fingerprint density at radius 1 is 0.958 bits per heavy atom. The first kappa shape index (κ1) is 17.8. The lowest BCUT2D eigenvalue weighted by Gasteiger charge is -2.16. The number of carbonyl (C=O) groups is 1. The molecule has 0 aliphatic heterocycles. The van der Waals surface area contributed by atoms with Crippen molar-refractivity contribution in [1.29, 1.82) is 0 Å². The highest BCUT2D eigenvalue weighted by Crippen LogP contribution is 2.40. The predicted octanol–water partition coefficient (Wildman–Crippen LogP) is 3.33. The summed E-state index contributed by atoms with van der Waals surface area (Å²) in [5.74, 6) is 0.902. The van der Waals surface area contributed by atoms with Crippen LogP contribution < -0.4 is 14.2 Å². The Hall–Kier alpha value is -2.53. The van der Waals surface area contributed by atoms with Gasteiger partial charge >= 0.3 is 0 Å². The number of benzene rings is 2. The minimum absolute atomic E-state index is 0.0467. The first-order chi connectivity index (χ1) is 11.5. The van der Waals surface area contributed by atoms with Gasteiger partial charge in [0.25, 0.3) is 0 Å². The van der Waals surface area contributed by atoms with E-state index in [1.165, 1.54) is 21.3 Å². The minimum atomic E-state index is -0.879. The Labute approximate surface area is 141 Å². The van der Waals surface area contributed by atoms with E-state index >= 15 is 0 Å². The van der Waals surface area contributed by atoms with E-state index in [0.29, 0.717) is 28.4 Å². The molecule has 0 fully saturated rings. The summed E-state index contributed by atoms with van der Waals surface area (Å²) in [6.45, 7) is 1.97. The van der Waals surface area contributed by atoms with Gasteiger partial charge in [-0.2, -0.15) is 0 Å². The fraction of sp³-hybridized carbons (Fsp3) is 0.316. The normalized spacial score (nSPS) is 11.7. The molecule has 0 bridgehead atoms. The zero-order chi connectivity index (χ0) is 17.7. The first-order valence-corrected chi connectivity index (χ1v) is 7.58. The zero-order valence-corrected chi connectivity index (χ0v) is 14.3. The van der Waals surface area contributed by atoms with E-state index in [0.717, 1.165) is 5.56 Å². The van der Waals surface area contributed by atoms with Crippen molar-refractivity contribution in [3.63, 3.8) is 0 Å². The van der Waals surface area contributed by atoms with Gasteiger partial charge in [0.15, 0.2) is 17.3 Å². The molecular formula is C19H22O5. The van der Waals surface area contributed by atoms with Gasteiger partial charge in [-0.1, -0.05) is 29.8 Å². The van der Waals surface area contributed by atoms with Crippen molar-refractivity contribution in [3.8, 4) is 17.2 Å². The maximum atomic E-state index is 12.6. The molecule has 0 aliphatic rings. The second kappa shape index (κ2) is 7.84. The van der Waals surface area contributed by atoms with Crippen LogP contribution in [-0.2, 0) is 0 Å². The van der Waals surface area contributed by atoms with Crippen molar-refractivity contribution in [2.24, 2.45) is 0 Å². The summed E-state index contributed by atoms with van der Waals surface area (Å²) in [4.78, 5) is 12.6. The summed E-state index contributed by atoms with van der Waals surface area (Å²) in [5, 5.41) is 10.3. The molecule has 0 saturated heterocycles. The van der Waals surface area contributed by atoms with E-state index in [-0.39, 0.29) is 12.2 Å². The highest BCUT2D eigenvalue weighted by molar-refractivity contribution is 6.00. The summed E-state index contributed by atoms with van der Waals surface area (Å²) >= 11 is 0. The first-order valence-electron chi connectivity index (χ1n) is 7.58. The summed E-state index contributed by atoms with van der Waals surface area (Å²) in [7, 11) is 4.46. The fourth-order valence-electron chi connectivity index (χ4n) is 2.51. The Morgan fingerprint density at radius 2 is 1.58 bits per heavy atom. The monoisotopic (exact) mass is 330 g/mol. The third-order valence-corrected chi connectivity index (χ3v) is 3.85. The molecule has 1 unspecified atom stereocenters. The maximum Gasteiger partial charge on any atom is 0.204 e. The van der Waals surface area contributed by atoms with Gasteiger partial charge in [-0.3, -0.25) is 4.79 Å². The summed E-state index contributed by atoms with van der Waals surface area (Å²) in [5.41, 5.74) is 2.15. The smallest absolute Gasteiger partial charge is 0.204 e. The molecule has 0 radical (unpaired) electrons. The Morgan fingerprint density at radius 3 is 2.12 bits per heavy atom. The van der Waals surface area contributed by atoms with E-state index in [1.54, 1.807) is 12.1 Å². The van der Waals surface area contributed by atoms with Gasteiger partial charge in [0.05, 0.1) is 33.0 Å². The molecule has 5 heteroatoms. The number of hydrogen-bond acceptors (Lipinski definition) is 5. The number of ketones is 1. The molecule has 24 heavy (non-hydrogen) atoms. The lowest BCUT2D eigenvalue weighted by molar-refractivity contribution is 0.0876. The number of aryl methyl sites for hydroxylation is 1. The molecule has 2 aromatic carbocycles. The topological polar surface area (TPSA) is 65.0 Å². The molecule has 0 heterocycles. The molecule has 2 rings (SSSR count).